The van der Waals surface area contributed by atoms with Gasteiger partial charge in [0.25, 0.3) is 0 Å². The standard InChI is InChI=1S/C74H137NO18/c1-3-5-7-9-11-13-15-17-19-21-22-23-24-25-26-27-28-29-30-31-32-33-34-35-36-37-39-41-43-45-47-49-51-58(79)57(75-62(80)52-50-48-46-44-42-40-38-20-18-16-14-12-10-8-6-4-2)56-88-72-68(86)65(83)70(60(54-77)90-72)93-74-69(87)66(84)71(61(55-78)91-74)92-73-67(85)64(82)63(81)59(53-76)89-73/h20,38,41,43,49,51,57-61,63-74,76-79,81-87H,3-19,21-37,39-40,42,44-48,50,52-56H2,1-2H3,(H,75,80)/b38-20-,43-41+,51-49+. The summed E-state index contributed by atoms with van der Waals surface area (Å²) in [5.74, 6) is -0.291. The number of ether oxygens (including phenoxy) is 6. The summed E-state index contributed by atoms with van der Waals surface area (Å²) in [6.45, 7) is 1.73. The van der Waals surface area contributed by atoms with Crippen LogP contribution in [0.25, 0.3) is 0 Å². The highest BCUT2D eigenvalue weighted by atomic mass is 16.8. The predicted octanol–water partition coefficient (Wildman–Crippen LogP) is 11.2. The SMILES string of the molecule is CCCCCCCCC/C=C\CCCCCCCC(=O)NC(COC1OC(CO)C(OC2OC(CO)C(OC3OC(CO)C(O)C(O)C3O)C(O)C2O)C(O)C1O)C(O)/C=C/CC/C=C/CCCCCCCCCCCCCCCCCCCCCCCCCCCC. The molecule has 19 nitrogen and oxygen atoms in total. The van der Waals surface area contributed by atoms with Gasteiger partial charge in [-0.1, -0.05) is 269 Å². The fraction of sp³-hybridized carbons (Fsp3) is 0.905. The fourth-order valence-corrected chi connectivity index (χ4v) is 12.8. The zero-order valence-corrected chi connectivity index (χ0v) is 58.0. The van der Waals surface area contributed by atoms with Crippen LogP contribution in [0.5, 0.6) is 0 Å². The van der Waals surface area contributed by atoms with Crippen LogP contribution in [0.1, 0.15) is 296 Å². The van der Waals surface area contributed by atoms with Crippen LogP contribution in [0.2, 0.25) is 0 Å². The van der Waals surface area contributed by atoms with Crippen LogP contribution in [0.3, 0.4) is 0 Å². The van der Waals surface area contributed by atoms with Crippen LogP contribution in [-0.4, -0.2) is 193 Å². The molecule has 0 spiro atoms. The van der Waals surface area contributed by atoms with Crippen LogP contribution in [-0.2, 0) is 33.2 Å². The van der Waals surface area contributed by atoms with Crippen molar-refractivity contribution in [3.63, 3.8) is 0 Å². The average Bonchev–Trinajstić information content (AvgIpc) is 0.813. The highest BCUT2D eigenvalue weighted by Gasteiger charge is 2.53. The zero-order valence-electron chi connectivity index (χ0n) is 58.0. The molecule has 1 amide bonds. The molecule has 0 radical (unpaired) electrons. The number of unbranched alkanes of at least 4 members (excludes halogenated alkanes) is 39. The molecule has 0 bridgehead atoms. The molecule has 17 unspecified atom stereocenters. The van der Waals surface area contributed by atoms with Crippen molar-refractivity contribution in [2.75, 3.05) is 26.4 Å². The Kier molecular flexibility index (Phi) is 51.2. The second-order valence-electron chi connectivity index (χ2n) is 27.1. The van der Waals surface area contributed by atoms with Gasteiger partial charge >= 0.3 is 0 Å². The summed E-state index contributed by atoms with van der Waals surface area (Å²) in [6.07, 6.45) is 40.1. The van der Waals surface area contributed by atoms with Gasteiger partial charge in [0.15, 0.2) is 18.9 Å². The number of carbonyl (C=O) groups is 1. The number of hydrogen-bond donors (Lipinski definition) is 12. The van der Waals surface area contributed by atoms with Gasteiger partial charge in [-0.2, -0.15) is 0 Å². The van der Waals surface area contributed by atoms with Crippen LogP contribution in [0.4, 0.5) is 0 Å². The van der Waals surface area contributed by atoms with E-state index in [0.717, 1.165) is 57.8 Å². The largest absolute Gasteiger partial charge is 0.394 e. The molecule has 0 aromatic rings. The van der Waals surface area contributed by atoms with E-state index in [1.807, 2.05) is 6.08 Å². The molecule has 17 atom stereocenters. The first kappa shape index (κ1) is 85.2. The lowest BCUT2D eigenvalue weighted by Crippen LogP contribution is -2.66. The van der Waals surface area contributed by atoms with E-state index in [4.69, 9.17) is 28.4 Å². The van der Waals surface area contributed by atoms with E-state index in [1.54, 1.807) is 6.08 Å². The van der Waals surface area contributed by atoms with E-state index in [0.29, 0.717) is 12.8 Å². The Morgan fingerprint density at radius 1 is 0.376 bits per heavy atom. The molecule has 93 heavy (non-hydrogen) atoms. The predicted molar refractivity (Wildman–Crippen MR) is 365 cm³/mol. The summed E-state index contributed by atoms with van der Waals surface area (Å²) in [6, 6.07) is -0.995. The Hall–Kier alpha value is -1.99. The first-order chi connectivity index (χ1) is 45.3. The molecular formula is C74H137NO18. The van der Waals surface area contributed by atoms with Crippen molar-refractivity contribution in [1.29, 1.82) is 0 Å². The monoisotopic (exact) mass is 1330 g/mol. The minimum atomic E-state index is -1.98. The van der Waals surface area contributed by atoms with Crippen molar-refractivity contribution in [2.45, 2.75) is 401 Å². The van der Waals surface area contributed by atoms with E-state index in [2.05, 4.69) is 43.5 Å². The first-order valence-corrected chi connectivity index (χ1v) is 37.7. The minimum absolute atomic E-state index is 0.226. The molecular weight excluding hydrogens is 1190 g/mol. The number of nitrogens with one attached hydrogen (secondary N) is 1. The molecule has 3 rings (SSSR count). The molecule has 3 fully saturated rings. The molecule has 0 saturated carbocycles. The molecule has 0 aromatic carbocycles. The normalized spacial score (nSPS) is 27.7. The summed E-state index contributed by atoms with van der Waals surface area (Å²) >= 11 is 0. The molecule has 3 aliphatic heterocycles. The van der Waals surface area contributed by atoms with Gasteiger partial charge < -0.3 is 89.9 Å². The van der Waals surface area contributed by atoms with Gasteiger partial charge in [-0.25, -0.2) is 0 Å². The maximum Gasteiger partial charge on any atom is 0.220 e. The number of hydrogen-bond acceptors (Lipinski definition) is 18. The lowest BCUT2D eigenvalue weighted by molar-refractivity contribution is -0.379. The van der Waals surface area contributed by atoms with Crippen LogP contribution >= 0.6 is 0 Å². The molecule has 3 aliphatic rings. The second kappa shape index (κ2) is 55.8. The van der Waals surface area contributed by atoms with Gasteiger partial charge in [-0.05, 0) is 57.8 Å². The number of aliphatic hydroxyl groups excluding tert-OH is 11. The molecule has 19 heteroatoms. The first-order valence-electron chi connectivity index (χ1n) is 37.7. The van der Waals surface area contributed by atoms with Gasteiger partial charge in [0.2, 0.25) is 5.91 Å². The number of amides is 1. The summed E-state index contributed by atoms with van der Waals surface area (Å²) in [5.41, 5.74) is 0. The Labute approximate surface area is 561 Å². The molecule has 546 valence electrons. The summed E-state index contributed by atoms with van der Waals surface area (Å²) in [5, 5.41) is 121. The fourth-order valence-electron chi connectivity index (χ4n) is 12.8. The number of carbonyl (C=O) groups excluding carboxylic acids is 1. The third kappa shape index (κ3) is 37.1. The van der Waals surface area contributed by atoms with E-state index in [9.17, 15) is 61.0 Å². The Balaban J connectivity index is 1.39. The van der Waals surface area contributed by atoms with Crippen LogP contribution in [0.15, 0.2) is 36.5 Å². The average molecular weight is 1330 g/mol. The van der Waals surface area contributed by atoms with Gasteiger partial charge in [0.1, 0.15) is 73.2 Å². The Bertz CT molecular complexity index is 1830. The van der Waals surface area contributed by atoms with Gasteiger partial charge in [0.05, 0.1) is 38.6 Å². The van der Waals surface area contributed by atoms with Crippen LogP contribution in [0, 0.1) is 0 Å². The molecule has 3 saturated heterocycles. The van der Waals surface area contributed by atoms with Crippen molar-refractivity contribution >= 4 is 5.91 Å². The van der Waals surface area contributed by atoms with E-state index < -0.39 is 124 Å². The molecule has 0 aromatic heterocycles. The quantitative estimate of drug-likeness (QED) is 0.0199. The highest BCUT2D eigenvalue weighted by molar-refractivity contribution is 5.76. The van der Waals surface area contributed by atoms with Crippen molar-refractivity contribution in [3.05, 3.63) is 36.5 Å². The maximum atomic E-state index is 13.4. The summed E-state index contributed by atoms with van der Waals surface area (Å²) in [4.78, 5) is 13.4. The Morgan fingerprint density at radius 3 is 1.08 bits per heavy atom. The van der Waals surface area contributed by atoms with Gasteiger partial charge in [0, 0.05) is 6.42 Å². The second-order valence-corrected chi connectivity index (χ2v) is 27.1. The summed E-state index contributed by atoms with van der Waals surface area (Å²) < 4.78 is 34.4. The zero-order chi connectivity index (χ0) is 67.5. The van der Waals surface area contributed by atoms with Crippen molar-refractivity contribution < 1.29 is 89.4 Å². The highest BCUT2D eigenvalue weighted by Crippen LogP contribution is 2.33. The van der Waals surface area contributed by atoms with Crippen molar-refractivity contribution in [3.8, 4) is 0 Å². The van der Waals surface area contributed by atoms with Gasteiger partial charge in [-0.3, -0.25) is 4.79 Å². The summed E-state index contributed by atoms with van der Waals surface area (Å²) in [7, 11) is 0. The number of allylic oxidation sites excluding steroid dienone is 5. The Morgan fingerprint density at radius 2 is 0.688 bits per heavy atom. The lowest BCUT2D eigenvalue weighted by Gasteiger charge is -2.48. The van der Waals surface area contributed by atoms with Crippen LogP contribution < -0.4 is 5.32 Å². The molecule has 3 heterocycles. The maximum absolute atomic E-state index is 13.4. The van der Waals surface area contributed by atoms with E-state index in [1.165, 1.54) is 205 Å². The van der Waals surface area contributed by atoms with Gasteiger partial charge in [-0.15, -0.1) is 0 Å². The smallest absolute Gasteiger partial charge is 0.220 e. The number of aliphatic hydroxyl groups is 11. The minimum Gasteiger partial charge on any atom is -0.394 e. The molecule has 12 N–H and O–H groups in total. The topological polar surface area (TPSA) is 307 Å². The van der Waals surface area contributed by atoms with E-state index in [-0.39, 0.29) is 18.9 Å². The number of rotatable bonds is 59. The third-order valence-corrected chi connectivity index (χ3v) is 18.9. The molecule has 0 aliphatic carbocycles. The lowest BCUT2D eigenvalue weighted by atomic mass is 9.96. The van der Waals surface area contributed by atoms with E-state index >= 15 is 0 Å². The van der Waals surface area contributed by atoms with Crippen molar-refractivity contribution in [1.82, 2.24) is 5.32 Å². The third-order valence-electron chi connectivity index (χ3n) is 18.9. The van der Waals surface area contributed by atoms with Crippen molar-refractivity contribution in [2.24, 2.45) is 0 Å².